The lowest BCUT2D eigenvalue weighted by atomic mass is 10.1. The first-order chi connectivity index (χ1) is 16.9. The van der Waals surface area contributed by atoms with Crippen LogP contribution in [0.15, 0.2) is 47.3 Å². The molecule has 3 aromatic rings. The van der Waals surface area contributed by atoms with Crippen molar-refractivity contribution in [3.8, 4) is 11.5 Å². The number of aromatic nitrogens is 1. The molecule has 9 nitrogen and oxygen atoms in total. The first kappa shape index (κ1) is 24.5. The average Bonchev–Trinajstić information content (AvgIpc) is 3.47. The number of carbonyl (C=O) groups is 2. The molecule has 35 heavy (non-hydrogen) atoms. The van der Waals surface area contributed by atoms with Crippen LogP contribution in [0.25, 0.3) is 0 Å². The van der Waals surface area contributed by atoms with Crippen molar-refractivity contribution in [3.05, 3.63) is 64.1 Å². The number of anilines is 2. The number of ether oxygens (including phenoxy) is 2. The third-order valence-electron chi connectivity index (χ3n) is 5.56. The Bertz CT molecular complexity index is 1180. The van der Waals surface area contributed by atoms with Gasteiger partial charge >= 0.3 is 6.03 Å². The number of urea groups is 1. The van der Waals surface area contributed by atoms with Crippen LogP contribution in [-0.4, -0.2) is 60.6 Å². The molecule has 0 radical (unpaired) electrons. The van der Waals surface area contributed by atoms with Gasteiger partial charge in [-0.3, -0.25) is 9.78 Å². The molecule has 0 bridgehead atoms. The van der Waals surface area contributed by atoms with Gasteiger partial charge in [0.25, 0.3) is 0 Å². The number of thiophene rings is 1. The van der Waals surface area contributed by atoms with Gasteiger partial charge in [0.1, 0.15) is 5.69 Å². The van der Waals surface area contributed by atoms with E-state index in [-0.39, 0.29) is 25.0 Å². The summed E-state index contributed by atoms with van der Waals surface area (Å²) >= 11 is 1.47. The predicted molar refractivity (Wildman–Crippen MR) is 136 cm³/mol. The molecular weight excluding hydrogens is 466 g/mol. The Balaban J connectivity index is 1.41. The average molecular weight is 496 g/mol. The van der Waals surface area contributed by atoms with Gasteiger partial charge in [-0.2, -0.15) is 0 Å². The van der Waals surface area contributed by atoms with E-state index in [1.54, 1.807) is 35.4 Å². The lowest BCUT2D eigenvalue weighted by molar-refractivity contribution is 0.0988. The van der Waals surface area contributed by atoms with Gasteiger partial charge in [0.15, 0.2) is 17.3 Å². The Morgan fingerprint density at radius 2 is 1.94 bits per heavy atom. The third kappa shape index (κ3) is 6.49. The molecule has 10 heteroatoms. The van der Waals surface area contributed by atoms with Crippen molar-refractivity contribution < 1.29 is 19.1 Å². The summed E-state index contributed by atoms with van der Waals surface area (Å²) in [7, 11) is 4.00. The van der Waals surface area contributed by atoms with Crippen molar-refractivity contribution in [2.75, 3.05) is 45.0 Å². The zero-order valence-corrected chi connectivity index (χ0v) is 20.6. The van der Waals surface area contributed by atoms with Gasteiger partial charge in [-0.25, -0.2) is 4.79 Å². The number of nitrogens with zero attached hydrogens (tertiary/aromatic N) is 3. The quantitative estimate of drug-likeness (QED) is 0.411. The number of carbonyl (C=O) groups excluding carboxylic acids is 2. The number of Topliss-reactive ketones (excluding diaryl/α,β-unsaturated/α-hetero) is 1. The number of hydrogen-bond acceptors (Lipinski definition) is 8. The van der Waals surface area contributed by atoms with Crippen LogP contribution in [0.4, 0.5) is 16.2 Å². The summed E-state index contributed by atoms with van der Waals surface area (Å²) in [5.74, 6) is 1.17. The lowest BCUT2D eigenvalue weighted by Crippen LogP contribution is -2.36. The topological polar surface area (TPSA) is 110 Å². The van der Waals surface area contributed by atoms with E-state index >= 15 is 0 Å². The molecule has 0 saturated heterocycles. The van der Waals surface area contributed by atoms with Crippen LogP contribution in [0.3, 0.4) is 0 Å². The van der Waals surface area contributed by atoms with Crippen molar-refractivity contribution in [2.24, 2.45) is 0 Å². The second-order valence-corrected chi connectivity index (χ2v) is 9.32. The van der Waals surface area contributed by atoms with Crippen molar-refractivity contribution in [1.82, 2.24) is 14.8 Å². The van der Waals surface area contributed by atoms with Gasteiger partial charge in [-0.1, -0.05) is 6.07 Å². The van der Waals surface area contributed by atoms with E-state index in [1.807, 2.05) is 30.9 Å². The monoisotopic (exact) mass is 495 g/mol. The zero-order valence-electron chi connectivity index (χ0n) is 19.8. The van der Waals surface area contributed by atoms with E-state index in [9.17, 15) is 9.59 Å². The molecule has 0 saturated carbocycles. The number of fused-ring (bicyclic) bond motifs is 1. The predicted octanol–water partition coefficient (Wildman–Crippen LogP) is 3.87. The molecule has 0 atom stereocenters. The smallest absolute Gasteiger partial charge is 0.322 e. The number of nitrogen functional groups attached to an aromatic ring is 1. The standard InChI is InChI=1S/C25H29N5O4S/c1-29(2)8-3-9-30(25(32)28-19-5-7-23-24(11-19)34-16-33-23)13-17-4-6-21(27-12-17)22(31)10-18-14-35-15-20(18)26/h4-7,11-12,14-15H,3,8-10,13,16,26H2,1-2H3,(H,28,32). The Labute approximate surface area is 208 Å². The minimum Gasteiger partial charge on any atom is -0.454 e. The highest BCUT2D eigenvalue weighted by Crippen LogP contribution is 2.34. The fourth-order valence-electron chi connectivity index (χ4n) is 3.65. The molecule has 0 aliphatic carbocycles. The highest BCUT2D eigenvalue weighted by atomic mass is 32.1. The molecule has 184 valence electrons. The summed E-state index contributed by atoms with van der Waals surface area (Å²) in [5, 5.41) is 6.64. The second kappa shape index (κ2) is 11.2. The Hall–Kier alpha value is -3.63. The van der Waals surface area contributed by atoms with Crippen molar-refractivity contribution >= 4 is 34.5 Å². The Morgan fingerprint density at radius 1 is 1.11 bits per heavy atom. The summed E-state index contributed by atoms with van der Waals surface area (Å²) in [6, 6.07) is 8.62. The summed E-state index contributed by atoms with van der Waals surface area (Å²) in [6.45, 7) is 1.95. The molecule has 3 heterocycles. The molecule has 0 spiro atoms. The van der Waals surface area contributed by atoms with Crippen LogP contribution in [0, 0.1) is 0 Å². The second-order valence-electron chi connectivity index (χ2n) is 8.58. The maximum absolute atomic E-state index is 13.1. The fourth-order valence-corrected chi connectivity index (χ4v) is 4.40. The number of nitrogens with two attached hydrogens (primary N) is 1. The number of amides is 2. The van der Waals surface area contributed by atoms with Crippen molar-refractivity contribution in [2.45, 2.75) is 19.4 Å². The van der Waals surface area contributed by atoms with Gasteiger partial charge in [-0.05, 0) is 61.8 Å². The molecular formula is C25H29N5O4S. The first-order valence-electron chi connectivity index (χ1n) is 11.3. The molecule has 1 aliphatic heterocycles. The van der Waals surface area contributed by atoms with E-state index in [2.05, 4.69) is 15.2 Å². The number of rotatable bonds is 10. The van der Waals surface area contributed by atoms with Crippen LogP contribution in [-0.2, 0) is 13.0 Å². The SMILES string of the molecule is CN(C)CCCN(Cc1ccc(C(=O)Cc2cscc2N)nc1)C(=O)Nc1ccc2c(c1)OCO2. The van der Waals surface area contributed by atoms with E-state index in [0.29, 0.717) is 41.7 Å². The van der Waals surface area contributed by atoms with Gasteiger partial charge in [0, 0.05) is 48.5 Å². The number of hydrogen-bond donors (Lipinski definition) is 2. The van der Waals surface area contributed by atoms with Crippen LogP contribution >= 0.6 is 11.3 Å². The maximum Gasteiger partial charge on any atom is 0.322 e. The number of ketones is 1. The molecule has 1 aromatic carbocycles. The van der Waals surface area contributed by atoms with Gasteiger partial charge in [0.05, 0.1) is 0 Å². The fraction of sp³-hybridized carbons (Fsp3) is 0.320. The summed E-state index contributed by atoms with van der Waals surface area (Å²) in [6.07, 6.45) is 2.68. The first-order valence-corrected chi connectivity index (χ1v) is 12.2. The highest BCUT2D eigenvalue weighted by molar-refractivity contribution is 7.08. The highest BCUT2D eigenvalue weighted by Gasteiger charge is 2.18. The number of pyridine rings is 1. The van der Waals surface area contributed by atoms with E-state index in [0.717, 1.165) is 24.1 Å². The summed E-state index contributed by atoms with van der Waals surface area (Å²) in [5.41, 5.74) is 9.18. The van der Waals surface area contributed by atoms with Crippen LogP contribution < -0.4 is 20.5 Å². The minimum absolute atomic E-state index is 0.0926. The Kier molecular flexibility index (Phi) is 7.84. The zero-order chi connectivity index (χ0) is 24.8. The largest absolute Gasteiger partial charge is 0.454 e. The normalized spacial score (nSPS) is 12.1. The number of nitrogens with one attached hydrogen (secondary N) is 1. The van der Waals surface area contributed by atoms with Crippen LogP contribution in [0.5, 0.6) is 11.5 Å². The van der Waals surface area contributed by atoms with Crippen molar-refractivity contribution in [1.29, 1.82) is 0 Å². The molecule has 4 rings (SSSR count). The maximum atomic E-state index is 13.1. The minimum atomic E-state index is -0.226. The van der Waals surface area contributed by atoms with E-state index in [4.69, 9.17) is 15.2 Å². The molecule has 2 amide bonds. The van der Waals surface area contributed by atoms with E-state index < -0.39 is 0 Å². The molecule has 3 N–H and O–H groups in total. The van der Waals surface area contributed by atoms with Gasteiger partial charge < -0.3 is 30.3 Å². The summed E-state index contributed by atoms with van der Waals surface area (Å²) < 4.78 is 10.7. The molecule has 1 aliphatic rings. The van der Waals surface area contributed by atoms with Crippen LogP contribution in [0.1, 0.15) is 28.0 Å². The van der Waals surface area contributed by atoms with Crippen molar-refractivity contribution in [3.63, 3.8) is 0 Å². The molecule has 0 unspecified atom stereocenters. The molecule has 0 fully saturated rings. The summed E-state index contributed by atoms with van der Waals surface area (Å²) in [4.78, 5) is 33.9. The molecule has 2 aromatic heterocycles. The van der Waals surface area contributed by atoms with Crippen LogP contribution in [0.2, 0.25) is 0 Å². The number of benzene rings is 1. The van der Waals surface area contributed by atoms with Gasteiger partial charge in [0.2, 0.25) is 6.79 Å². The van der Waals surface area contributed by atoms with E-state index in [1.165, 1.54) is 11.3 Å². The van der Waals surface area contributed by atoms with Gasteiger partial charge in [-0.15, -0.1) is 11.3 Å². The lowest BCUT2D eigenvalue weighted by Gasteiger charge is -2.24. The Morgan fingerprint density at radius 3 is 2.66 bits per heavy atom. The third-order valence-corrected chi connectivity index (χ3v) is 6.37.